The minimum Gasteiger partial charge on any atom is -0.494 e. The minimum atomic E-state index is -2.81. The second-order valence-corrected chi connectivity index (χ2v) is 8.35. The number of aliphatic imine (C=N–C) groups is 1. The summed E-state index contributed by atoms with van der Waals surface area (Å²) in [4.78, 5) is 26.5. The van der Waals surface area contributed by atoms with Crippen LogP contribution in [0.2, 0.25) is 0 Å². The molecule has 3 rings (SSSR count). The molecular formula is C22H22F2N6O2S. The first kappa shape index (κ1) is 24.1. The van der Waals surface area contributed by atoms with Crippen molar-refractivity contribution < 1.29 is 18.3 Å². The number of carbonyl (C=O) groups excluding carboxylic acids is 1. The fourth-order valence-electron chi connectivity index (χ4n) is 2.74. The van der Waals surface area contributed by atoms with Gasteiger partial charge in [-0.1, -0.05) is 5.92 Å². The van der Waals surface area contributed by atoms with Crippen LogP contribution in [0.4, 0.5) is 14.6 Å². The van der Waals surface area contributed by atoms with Crippen molar-refractivity contribution in [3.63, 3.8) is 0 Å². The van der Waals surface area contributed by atoms with Crippen LogP contribution in [0.3, 0.4) is 0 Å². The van der Waals surface area contributed by atoms with Crippen LogP contribution in [0.5, 0.6) is 5.75 Å². The lowest BCUT2D eigenvalue weighted by Gasteiger charge is -2.16. The summed E-state index contributed by atoms with van der Waals surface area (Å²) in [5.41, 5.74) is 5.93. The fourth-order valence-corrected chi connectivity index (χ4v) is 3.19. The highest BCUT2D eigenvalue weighted by Crippen LogP contribution is 2.36. The van der Waals surface area contributed by atoms with Gasteiger partial charge >= 0.3 is 0 Å². The third-order valence-corrected chi connectivity index (χ3v) is 5.19. The van der Waals surface area contributed by atoms with Crippen LogP contribution >= 0.6 is 11.8 Å². The summed E-state index contributed by atoms with van der Waals surface area (Å²) in [6, 6.07) is 2.74. The lowest BCUT2D eigenvalue weighted by molar-refractivity contribution is 0.100. The lowest BCUT2D eigenvalue weighted by Crippen LogP contribution is -2.15. The molecule has 0 radical (unpaired) electrons. The predicted molar refractivity (Wildman–Crippen MR) is 125 cm³/mol. The first-order chi connectivity index (χ1) is 15.7. The Morgan fingerprint density at radius 3 is 2.64 bits per heavy atom. The Kier molecular flexibility index (Phi) is 7.60. The second-order valence-electron chi connectivity index (χ2n) is 7.32. The van der Waals surface area contributed by atoms with Gasteiger partial charge in [0, 0.05) is 37.3 Å². The van der Waals surface area contributed by atoms with E-state index in [1.165, 1.54) is 25.6 Å². The van der Waals surface area contributed by atoms with E-state index in [0.29, 0.717) is 11.7 Å². The van der Waals surface area contributed by atoms with Crippen LogP contribution in [0.1, 0.15) is 35.3 Å². The minimum absolute atomic E-state index is 0.0189. The highest BCUT2D eigenvalue weighted by molar-refractivity contribution is 8.26. The van der Waals surface area contributed by atoms with E-state index in [4.69, 9.17) is 15.9 Å². The molecule has 0 spiro atoms. The number of aromatic nitrogens is 2. The van der Waals surface area contributed by atoms with Crippen molar-refractivity contribution in [2.24, 2.45) is 16.6 Å². The maximum atomic E-state index is 13.3. The first-order valence-corrected chi connectivity index (χ1v) is 10.7. The van der Waals surface area contributed by atoms with Crippen molar-refractivity contribution >= 4 is 33.7 Å². The quantitative estimate of drug-likeness (QED) is 0.387. The third kappa shape index (κ3) is 6.26. The van der Waals surface area contributed by atoms with Crippen LogP contribution in [-0.4, -0.2) is 47.3 Å². The summed E-state index contributed by atoms with van der Waals surface area (Å²) < 4.78 is 31.9. The van der Waals surface area contributed by atoms with Gasteiger partial charge in [-0.05, 0) is 42.7 Å². The van der Waals surface area contributed by atoms with E-state index in [2.05, 4.69) is 26.8 Å². The first-order valence-electron chi connectivity index (χ1n) is 9.85. The largest absolute Gasteiger partial charge is 0.494 e. The van der Waals surface area contributed by atoms with Gasteiger partial charge in [-0.3, -0.25) is 15.2 Å². The molecule has 2 heterocycles. The Balaban J connectivity index is 2.01. The normalized spacial score (nSPS) is 13.3. The number of nitrogens with one attached hydrogen (secondary N) is 1. The summed E-state index contributed by atoms with van der Waals surface area (Å²) in [7, 11) is 4.88. The molecule has 0 atom stereocenters. The number of nitrogens with two attached hydrogens (primary N) is 1. The molecular weight excluding hydrogens is 450 g/mol. The average Bonchev–Trinajstić information content (AvgIpc) is 3.61. The van der Waals surface area contributed by atoms with Gasteiger partial charge in [0.15, 0.2) is 5.17 Å². The Labute approximate surface area is 194 Å². The van der Waals surface area contributed by atoms with E-state index < -0.39 is 18.0 Å². The van der Waals surface area contributed by atoms with Gasteiger partial charge in [-0.15, -0.1) is 0 Å². The second kappa shape index (κ2) is 10.4. The third-order valence-electron chi connectivity index (χ3n) is 4.59. The zero-order valence-electron chi connectivity index (χ0n) is 18.2. The SMILES string of the molecule is COc1cnc(C(F)F)cc1-c1cc(N(C)C)ncc1C(=O)N=C(N)SC(=N)C#CC1CC1. The molecule has 0 aliphatic heterocycles. The molecule has 1 amide bonds. The summed E-state index contributed by atoms with van der Waals surface area (Å²) in [6.45, 7) is 0. The number of thioether (sulfide) groups is 1. The van der Waals surface area contributed by atoms with Crippen LogP contribution in [-0.2, 0) is 0 Å². The Bertz CT molecular complexity index is 1170. The van der Waals surface area contributed by atoms with E-state index >= 15 is 0 Å². The zero-order chi connectivity index (χ0) is 24.1. The summed E-state index contributed by atoms with van der Waals surface area (Å²) in [6.07, 6.45) is 1.72. The molecule has 33 heavy (non-hydrogen) atoms. The summed E-state index contributed by atoms with van der Waals surface area (Å²) >= 11 is 0.770. The average molecular weight is 473 g/mol. The molecule has 2 aromatic heterocycles. The number of amides is 1. The van der Waals surface area contributed by atoms with Gasteiger partial charge in [0.25, 0.3) is 12.3 Å². The van der Waals surface area contributed by atoms with Gasteiger partial charge in [-0.25, -0.2) is 13.8 Å². The van der Waals surface area contributed by atoms with E-state index in [9.17, 15) is 13.6 Å². The molecule has 2 aromatic rings. The van der Waals surface area contributed by atoms with Crippen LogP contribution < -0.4 is 15.4 Å². The van der Waals surface area contributed by atoms with Crippen LogP contribution in [0.25, 0.3) is 11.1 Å². The van der Waals surface area contributed by atoms with Gasteiger partial charge in [0.05, 0.1) is 18.9 Å². The van der Waals surface area contributed by atoms with E-state index in [1.54, 1.807) is 25.1 Å². The van der Waals surface area contributed by atoms with E-state index in [-0.39, 0.29) is 32.7 Å². The Hall–Kier alpha value is -3.52. The molecule has 1 aliphatic carbocycles. The van der Waals surface area contributed by atoms with Crippen molar-refractivity contribution in [3.05, 3.63) is 35.8 Å². The number of pyridine rings is 2. The number of halogens is 2. The van der Waals surface area contributed by atoms with Crippen LogP contribution in [0.15, 0.2) is 29.5 Å². The fraction of sp³-hybridized carbons (Fsp3) is 0.318. The lowest BCUT2D eigenvalue weighted by atomic mass is 10.00. The van der Waals surface area contributed by atoms with Crippen molar-refractivity contribution in [2.45, 2.75) is 19.3 Å². The monoisotopic (exact) mass is 472 g/mol. The molecule has 0 saturated heterocycles. The number of carbonyl (C=O) groups is 1. The number of hydrogen-bond acceptors (Lipinski definition) is 7. The maximum Gasteiger partial charge on any atom is 0.281 e. The van der Waals surface area contributed by atoms with Crippen LogP contribution in [0, 0.1) is 23.2 Å². The Morgan fingerprint density at radius 2 is 2.03 bits per heavy atom. The number of alkyl halides is 2. The number of methoxy groups -OCH3 is 1. The molecule has 8 nitrogen and oxygen atoms in total. The predicted octanol–water partition coefficient (Wildman–Crippen LogP) is 3.73. The number of hydrogen-bond donors (Lipinski definition) is 2. The van der Waals surface area contributed by atoms with E-state index in [1.807, 2.05) is 0 Å². The zero-order valence-corrected chi connectivity index (χ0v) is 19.0. The molecule has 3 N–H and O–H groups in total. The van der Waals surface area contributed by atoms with Gasteiger partial charge in [0.2, 0.25) is 0 Å². The van der Waals surface area contributed by atoms with Gasteiger partial charge < -0.3 is 15.4 Å². The Morgan fingerprint density at radius 1 is 1.30 bits per heavy atom. The molecule has 0 unspecified atom stereocenters. The van der Waals surface area contributed by atoms with Crippen molar-refractivity contribution in [3.8, 4) is 28.7 Å². The highest BCUT2D eigenvalue weighted by Gasteiger charge is 2.21. The number of amidine groups is 1. The molecule has 1 fully saturated rings. The number of rotatable bonds is 5. The molecule has 11 heteroatoms. The maximum absolute atomic E-state index is 13.3. The smallest absolute Gasteiger partial charge is 0.281 e. The standard InChI is InChI=1S/C22H22F2N6O2S/c1-30(2)19-9-13(14-8-16(20(23)24)27-11-17(14)32-3)15(10-28-19)21(31)29-22(26)33-18(25)7-6-12-4-5-12/h8-12,20,25H,4-5H2,1-3H3,(H2,26,29,31). The van der Waals surface area contributed by atoms with E-state index in [0.717, 1.165) is 24.6 Å². The number of nitrogens with zero attached hydrogens (tertiary/aromatic N) is 4. The van der Waals surface area contributed by atoms with Crippen molar-refractivity contribution in [1.82, 2.24) is 9.97 Å². The molecule has 1 aliphatic rings. The topological polar surface area (TPSA) is 118 Å². The molecule has 0 aromatic carbocycles. The van der Waals surface area contributed by atoms with Gasteiger partial charge in [0.1, 0.15) is 22.3 Å². The number of ether oxygens (including phenoxy) is 1. The van der Waals surface area contributed by atoms with Crippen molar-refractivity contribution in [1.29, 1.82) is 5.41 Å². The summed E-state index contributed by atoms with van der Waals surface area (Å²) in [5.74, 6) is 5.89. The molecule has 172 valence electrons. The molecule has 0 bridgehead atoms. The van der Waals surface area contributed by atoms with Crippen molar-refractivity contribution in [2.75, 3.05) is 26.1 Å². The summed E-state index contributed by atoms with van der Waals surface area (Å²) in [5, 5.41) is 7.68. The number of anilines is 1. The highest BCUT2D eigenvalue weighted by atomic mass is 32.2. The van der Waals surface area contributed by atoms with Gasteiger partial charge in [-0.2, -0.15) is 4.99 Å². The molecule has 1 saturated carbocycles.